The highest BCUT2D eigenvalue weighted by Crippen LogP contribution is 2.19. The minimum Gasteiger partial charge on any atom is -0.322 e. The molecule has 2 aromatic heterocycles. The molecule has 2 amide bonds. The molecule has 2 aromatic carbocycles. The lowest BCUT2D eigenvalue weighted by atomic mass is 10.1. The van der Waals surface area contributed by atoms with Crippen LogP contribution in [-0.4, -0.2) is 27.0 Å². The number of hydrogen-bond acceptors (Lipinski definition) is 4. The minimum absolute atomic E-state index is 0.201. The molecule has 0 saturated carbocycles. The summed E-state index contributed by atoms with van der Waals surface area (Å²) in [5.74, 6) is -0.462. The van der Waals surface area contributed by atoms with Crippen molar-refractivity contribution < 1.29 is 9.59 Å². The van der Waals surface area contributed by atoms with E-state index in [1.807, 2.05) is 19.1 Å². The van der Waals surface area contributed by atoms with Crippen LogP contribution in [0.25, 0.3) is 11.0 Å². The molecule has 0 aliphatic carbocycles. The van der Waals surface area contributed by atoms with Crippen molar-refractivity contribution in [2.75, 3.05) is 10.6 Å². The molecule has 4 aromatic rings. The Kier molecular flexibility index (Phi) is 4.55. The third kappa shape index (κ3) is 3.59. The van der Waals surface area contributed by atoms with E-state index in [4.69, 9.17) is 0 Å². The molecule has 28 heavy (non-hydrogen) atoms. The monoisotopic (exact) mass is 371 g/mol. The standard InChI is InChI=1S/C21H17N5O2/c1-13-18-11-17(12-22-19(18)26-25-13)24-21(28)15-7-9-16(10-8-15)23-20(27)14-5-3-2-4-6-14/h2-12H,1H3,(H,23,27)(H,24,28)(H,22,25,26). The van der Waals surface area contributed by atoms with Crippen LogP contribution < -0.4 is 10.6 Å². The molecule has 0 radical (unpaired) electrons. The zero-order chi connectivity index (χ0) is 19.5. The van der Waals surface area contributed by atoms with Gasteiger partial charge in [0.2, 0.25) is 0 Å². The number of aromatic nitrogens is 3. The molecular formula is C21H17N5O2. The second kappa shape index (κ2) is 7.32. The van der Waals surface area contributed by atoms with E-state index in [1.165, 1.54) is 0 Å². The van der Waals surface area contributed by atoms with Gasteiger partial charge in [-0.2, -0.15) is 5.10 Å². The van der Waals surface area contributed by atoms with Gasteiger partial charge < -0.3 is 10.6 Å². The van der Waals surface area contributed by atoms with E-state index in [9.17, 15) is 9.59 Å². The zero-order valence-electron chi connectivity index (χ0n) is 15.1. The number of hydrogen-bond donors (Lipinski definition) is 3. The molecule has 0 bridgehead atoms. The van der Waals surface area contributed by atoms with Gasteiger partial charge in [-0.1, -0.05) is 18.2 Å². The van der Waals surface area contributed by atoms with E-state index in [-0.39, 0.29) is 11.8 Å². The zero-order valence-corrected chi connectivity index (χ0v) is 15.1. The maximum atomic E-state index is 12.5. The van der Waals surface area contributed by atoms with Crippen molar-refractivity contribution in [3.63, 3.8) is 0 Å². The van der Waals surface area contributed by atoms with E-state index in [1.54, 1.807) is 54.7 Å². The van der Waals surface area contributed by atoms with Gasteiger partial charge in [-0.25, -0.2) is 4.98 Å². The summed E-state index contributed by atoms with van der Waals surface area (Å²) in [6.07, 6.45) is 1.56. The number of pyridine rings is 1. The lowest BCUT2D eigenvalue weighted by Gasteiger charge is -2.08. The third-order valence-corrected chi connectivity index (χ3v) is 4.30. The van der Waals surface area contributed by atoms with Gasteiger partial charge in [0, 0.05) is 27.9 Å². The fraction of sp³-hybridized carbons (Fsp3) is 0.0476. The van der Waals surface area contributed by atoms with Gasteiger partial charge in [-0.05, 0) is 49.4 Å². The number of H-pyrrole nitrogens is 1. The van der Waals surface area contributed by atoms with Crippen LogP contribution in [0.5, 0.6) is 0 Å². The summed E-state index contributed by atoms with van der Waals surface area (Å²) in [6.45, 7) is 1.89. The molecule has 0 aliphatic rings. The van der Waals surface area contributed by atoms with E-state index < -0.39 is 0 Å². The number of nitrogens with zero attached hydrogens (tertiary/aromatic N) is 2. The van der Waals surface area contributed by atoms with E-state index in [2.05, 4.69) is 25.8 Å². The van der Waals surface area contributed by atoms with Crippen LogP contribution in [0.3, 0.4) is 0 Å². The molecule has 7 nitrogen and oxygen atoms in total. The van der Waals surface area contributed by atoms with E-state index in [0.717, 1.165) is 11.1 Å². The first-order chi connectivity index (χ1) is 13.6. The Morgan fingerprint density at radius 2 is 1.50 bits per heavy atom. The highest BCUT2D eigenvalue weighted by Gasteiger charge is 2.10. The van der Waals surface area contributed by atoms with Crippen LogP contribution in [0.1, 0.15) is 26.4 Å². The van der Waals surface area contributed by atoms with Crippen molar-refractivity contribution in [2.24, 2.45) is 0 Å². The summed E-state index contributed by atoms with van der Waals surface area (Å²) in [6, 6.07) is 17.5. The largest absolute Gasteiger partial charge is 0.322 e. The topological polar surface area (TPSA) is 99.8 Å². The fourth-order valence-electron chi connectivity index (χ4n) is 2.79. The molecule has 0 spiro atoms. The average molecular weight is 371 g/mol. The van der Waals surface area contributed by atoms with Crippen molar-refractivity contribution in [1.82, 2.24) is 15.2 Å². The number of nitrogens with one attached hydrogen (secondary N) is 3. The molecule has 2 heterocycles. The van der Waals surface area contributed by atoms with Crippen LogP contribution in [0, 0.1) is 6.92 Å². The Labute approximate surface area is 160 Å². The van der Waals surface area contributed by atoms with Gasteiger partial charge >= 0.3 is 0 Å². The predicted molar refractivity (Wildman–Crippen MR) is 107 cm³/mol. The molecule has 0 atom stereocenters. The van der Waals surface area contributed by atoms with Crippen LogP contribution >= 0.6 is 0 Å². The number of benzene rings is 2. The number of aryl methyl sites for hydroxylation is 1. The average Bonchev–Trinajstić information content (AvgIpc) is 3.09. The molecule has 0 aliphatic heterocycles. The minimum atomic E-state index is -0.261. The van der Waals surface area contributed by atoms with Gasteiger partial charge in [-0.3, -0.25) is 14.7 Å². The number of fused-ring (bicyclic) bond motifs is 1. The Balaban J connectivity index is 1.44. The Bertz CT molecular complexity index is 1150. The number of anilines is 2. The lowest BCUT2D eigenvalue weighted by molar-refractivity contribution is 0.102. The van der Waals surface area contributed by atoms with Crippen molar-refractivity contribution >= 4 is 34.2 Å². The van der Waals surface area contributed by atoms with Gasteiger partial charge in [0.05, 0.1) is 11.9 Å². The molecular weight excluding hydrogens is 354 g/mol. The number of rotatable bonds is 4. The summed E-state index contributed by atoms with van der Waals surface area (Å²) >= 11 is 0. The second-order valence-corrected chi connectivity index (χ2v) is 6.30. The third-order valence-electron chi connectivity index (χ3n) is 4.30. The summed E-state index contributed by atoms with van der Waals surface area (Å²) in [4.78, 5) is 28.9. The van der Waals surface area contributed by atoms with Crippen LogP contribution in [-0.2, 0) is 0 Å². The van der Waals surface area contributed by atoms with Gasteiger partial charge in [0.1, 0.15) is 0 Å². The molecule has 3 N–H and O–H groups in total. The molecule has 0 saturated heterocycles. The SMILES string of the molecule is Cc1[nH]nc2ncc(NC(=O)c3ccc(NC(=O)c4ccccc4)cc3)cc12. The van der Waals surface area contributed by atoms with Gasteiger partial charge in [-0.15, -0.1) is 0 Å². The van der Waals surface area contributed by atoms with Crippen LogP contribution in [0.2, 0.25) is 0 Å². The quantitative estimate of drug-likeness (QED) is 0.508. The van der Waals surface area contributed by atoms with Crippen molar-refractivity contribution in [3.8, 4) is 0 Å². The van der Waals surface area contributed by atoms with Crippen molar-refractivity contribution in [3.05, 3.63) is 83.7 Å². The smallest absolute Gasteiger partial charge is 0.255 e. The highest BCUT2D eigenvalue weighted by molar-refractivity contribution is 6.06. The summed E-state index contributed by atoms with van der Waals surface area (Å²) in [7, 11) is 0. The Hall–Kier alpha value is -4.00. The summed E-state index contributed by atoms with van der Waals surface area (Å²) in [5, 5.41) is 13.4. The molecule has 138 valence electrons. The molecule has 0 unspecified atom stereocenters. The predicted octanol–water partition coefficient (Wildman–Crippen LogP) is 3.77. The number of carbonyl (C=O) groups excluding carboxylic acids is 2. The first kappa shape index (κ1) is 17.4. The van der Waals surface area contributed by atoms with Gasteiger partial charge in [0.25, 0.3) is 11.8 Å². The first-order valence-electron chi connectivity index (χ1n) is 8.69. The number of amides is 2. The normalized spacial score (nSPS) is 10.6. The molecule has 4 rings (SSSR count). The molecule has 7 heteroatoms. The fourth-order valence-corrected chi connectivity index (χ4v) is 2.79. The maximum absolute atomic E-state index is 12.5. The summed E-state index contributed by atoms with van der Waals surface area (Å²) in [5.41, 5.74) is 3.74. The highest BCUT2D eigenvalue weighted by atomic mass is 16.2. The van der Waals surface area contributed by atoms with Crippen LogP contribution in [0.4, 0.5) is 11.4 Å². The van der Waals surface area contributed by atoms with E-state index >= 15 is 0 Å². The number of aromatic amines is 1. The molecule has 0 fully saturated rings. The first-order valence-corrected chi connectivity index (χ1v) is 8.69. The maximum Gasteiger partial charge on any atom is 0.255 e. The lowest BCUT2D eigenvalue weighted by Crippen LogP contribution is -2.13. The number of carbonyl (C=O) groups is 2. The van der Waals surface area contributed by atoms with E-state index in [0.29, 0.717) is 28.1 Å². The Morgan fingerprint density at radius 1 is 0.857 bits per heavy atom. The second-order valence-electron chi connectivity index (χ2n) is 6.30. The van der Waals surface area contributed by atoms with Gasteiger partial charge in [0.15, 0.2) is 5.65 Å². The summed E-state index contributed by atoms with van der Waals surface area (Å²) < 4.78 is 0. The van der Waals surface area contributed by atoms with Crippen LogP contribution in [0.15, 0.2) is 66.9 Å². The Morgan fingerprint density at radius 3 is 2.21 bits per heavy atom. The van der Waals surface area contributed by atoms with Crippen molar-refractivity contribution in [2.45, 2.75) is 6.92 Å². The van der Waals surface area contributed by atoms with Crippen molar-refractivity contribution in [1.29, 1.82) is 0 Å².